The second-order valence-corrected chi connectivity index (χ2v) is 7.57. The van der Waals surface area contributed by atoms with E-state index in [0.717, 1.165) is 6.26 Å². The number of rotatable bonds is 3. The first-order valence-electron chi connectivity index (χ1n) is 5.38. The lowest BCUT2D eigenvalue weighted by Crippen LogP contribution is -2.12. The fourth-order valence-corrected chi connectivity index (χ4v) is 3.33. The number of aromatic nitrogens is 2. The maximum absolute atomic E-state index is 12.0. The standard InChI is InChI=1S/C11H10ClN3O3S2/c1-6-14-15-11(19-6)13-10(16)7-3-4-8(12)9(5-7)20(2,17)18/h3-5H,1-2H3,(H,13,15,16). The zero-order valence-electron chi connectivity index (χ0n) is 10.5. The zero-order valence-corrected chi connectivity index (χ0v) is 12.9. The molecule has 0 fully saturated rings. The molecule has 0 atom stereocenters. The van der Waals surface area contributed by atoms with Gasteiger partial charge in [-0.1, -0.05) is 22.9 Å². The summed E-state index contributed by atoms with van der Waals surface area (Å²) in [5, 5.41) is 11.2. The number of halogens is 1. The summed E-state index contributed by atoms with van der Waals surface area (Å²) in [6.07, 6.45) is 1.03. The second-order valence-electron chi connectivity index (χ2n) is 4.00. The Morgan fingerprint density at radius 2 is 2.05 bits per heavy atom. The van der Waals surface area contributed by atoms with Crippen LogP contribution in [-0.2, 0) is 9.84 Å². The number of nitrogens with one attached hydrogen (secondary N) is 1. The minimum absolute atomic E-state index is 0.0795. The van der Waals surface area contributed by atoms with Crippen LogP contribution in [0.1, 0.15) is 15.4 Å². The fourth-order valence-electron chi connectivity index (χ4n) is 1.45. The Morgan fingerprint density at radius 1 is 1.35 bits per heavy atom. The van der Waals surface area contributed by atoms with E-state index in [9.17, 15) is 13.2 Å². The van der Waals surface area contributed by atoms with Gasteiger partial charge in [-0.3, -0.25) is 10.1 Å². The molecule has 0 bridgehead atoms. The predicted molar refractivity (Wildman–Crippen MR) is 77.2 cm³/mol. The third kappa shape index (κ3) is 3.33. The number of sulfone groups is 1. The number of amides is 1. The zero-order chi connectivity index (χ0) is 14.9. The summed E-state index contributed by atoms with van der Waals surface area (Å²) in [7, 11) is -3.50. The first-order valence-corrected chi connectivity index (χ1v) is 8.47. The Bertz CT molecular complexity index is 771. The Morgan fingerprint density at radius 3 is 2.60 bits per heavy atom. The lowest BCUT2D eigenvalue weighted by molar-refractivity contribution is 0.102. The van der Waals surface area contributed by atoms with Gasteiger partial charge >= 0.3 is 0 Å². The van der Waals surface area contributed by atoms with E-state index in [-0.39, 0.29) is 15.5 Å². The van der Waals surface area contributed by atoms with E-state index in [1.807, 2.05) is 0 Å². The van der Waals surface area contributed by atoms with Crippen LogP contribution < -0.4 is 5.32 Å². The number of aryl methyl sites for hydroxylation is 1. The summed E-state index contributed by atoms with van der Waals surface area (Å²) in [6, 6.07) is 4.05. The van der Waals surface area contributed by atoms with Crippen molar-refractivity contribution in [2.45, 2.75) is 11.8 Å². The Labute approximate surface area is 124 Å². The van der Waals surface area contributed by atoms with Crippen LogP contribution in [0.15, 0.2) is 23.1 Å². The van der Waals surface area contributed by atoms with E-state index in [1.165, 1.54) is 29.5 Å². The van der Waals surface area contributed by atoms with Gasteiger partial charge in [0.2, 0.25) is 5.13 Å². The summed E-state index contributed by atoms with van der Waals surface area (Å²) in [5.41, 5.74) is 0.183. The topological polar surface area (TPSA) is 89.0 Å². The van der Waals surface area contributed by atoms with Crippen LogP contribution in [0.25, 0.3) is 0 Å². The molecule has 1 heterocycles. The minimum atomic E-state index is -3.50. The normalized spacial score (nSPS) is 11.3. The van der Waals surface area contributed by atoms with Crippen molar-refractivity contribution in [3.05, 3.63) is 33.8 Å². The molecular weight excluding hydrogens is 322 g/mol. The monoisotopic (exact) mass is 331 g/mol. The molecule has 1 aromatic carbocycles. The average molecular weight is 332 g/mol. The molecule has 0 aliphatic carbocycles. The van der Waals surface area contributed by atoms with E-state index in [0.29, 0.717) is 10.1 Å². The molecule has 1 N–H and O–H groups in total. The second kappa shape index (κ2) is 5.47. The van der Waals surface area contributed by atoms with Crippen molar-refractivity contribution in [3.63, 3.8) is 0 Å². The highest BCUT2D eigenvalue weighted by Gasteiger charge is 2.16. The van der Waals surface area contributed by atoms with Crippen LogP contribution in [-0.4, -0.2) is 30.8 Å². The SMILES string of the molecule is Cc1nnc(NC(=O)c2ccc(Cl)c(S(C)(=O)=O)c2)s1. The van der Waals surface area contributed by atoms with Gasteiger partial charge in [0.1, 0.15) is 5.01 Å². The predicted octanol–water partition coefficient (Wildman–Crippen LogP) is 2.16. The van der Waals surface area contributed by atoms with Crippen molar-refractivity contribution in [2.75, 3.05) is 11.6 Å². The van der Waals surface area contributed by atoms with Gasteiger partial charge in [-0.05, 0) is 25.1 Å². The van der Waals surface area contributed by atoms with Crippen LogP contribution in [0.2, 0.25) is 5.02 Å². The minimum Gasteiger partial charge on any atom is -0.296 e. The van der Waals surface area contributed by atoms with Gasteiger partial charge in [0.25, 0.3) is 5.91 Å². The highest BCUT2D eigenvalue weighted by atomic mass is 35.5. The van der Waals surface area contributed by atoms with Crippen LogP contribution in [0.4, 0.5) is 5.13 Å². The first-order chi connectivity index (χ1) is 9.27. The number of carbonyl (C=O) groups excluding carboxylic acids is 1. The highest BCUT2D eigenvalue weighted by Crippen LogP contribution is 2.23. The van der Waals surface area contributed by atoms with Gasteiger partial charge in [-0.2, -0.15) is 0 Å². The van der Waals surface area contributed by atoms with Crippen LogP contribution in [0.5, 0.6) is 0 Å². The number of carbonyl (C=O) groups is 1. The molecule has 0 saturated heterocycles. The summed E-state index contributed by atoms with van der Waals surface area (Å²) >= 11 is 7.04. The highest BCUT2D eigenvalue weighted by molar-refractivity contribution is 7.90. The third-order valence-electron chi connectivity index (χ3n) is 2.34. The molecule has 0 saturated carbocycles. The van der Waals surface area contributed by atoms with E-state index < -0.39 is 15.7 Å². The Balaban J connectivity index is 2.31. The molecule has 106 valence electrons. The number of hydrogen-bond acceptors (Lipinski definition) is 6. The molecule has 1 amide bonds. The number of nitrogens with zero attached hydrogens (tertiary/aromatic N) is 2. The summed E-state index contributed by atoms with van der Waals surface area (Å²) in [4.78, 5) is 11.9. The van der Waals surface area contributed by atoms with Gasteiger partial charge in [0.15, 0.2) is 9.84 Å². The maximum Gasteiger partial charge on any atom is 0.257 e. The van der Waals surface area contributed by atoms with E-state index in [4.69, 9.17) is 11.6 Å². The summed E-state index contributed by atoms with van der Waals surface area (Å²) < 4.78 is 23.1. The smallest absolute Gasteiger partial charge is 0.257 e. The van der Waals surface area contributed by atoms with E-state index >= 15 is 0 Å². The summed E-state index contributed by atoms with van der Waals surface area (Å²) in [5.74, 6) is -0.470. The number of benzene rings is 1. The molecule has 0 aliphatic heterocycles. The van der Waals surface area contributed by atoms with Crippen molar-refractivity contribution in [1.29, 1.82) is 0 Å². The van der Waals surface area contributed by atoms with Crippen molar-refractivity contribution in [1.82, 2.24) is 10.2 Å². The first kappa shape index (κ1) is 14.9. The molecule has 2 rings (SSSR count). The Kier molecular flexibility index (Phi) is 4.07. The lowest BCUT2D eigenvalue weighted by atomic mass is 10.2. The van der Waals surface area contributed by atoms with Gasteiger partial charge in [0, 0.05) is 11.8 Å². The summed E-state index contributed by atoms with van der Waals surface area (Å²) in [6.45, 7) is 1.76. The van der Waals surface area contributed by atoms with Crippen LogP contribution >= 0.6 is 22.9 Å². The number of anilines is 1. The number of hydrogen-bond donors (Lipinski definition) is 1. The van der Waals surface area contributed by atoms with Crippen molar-refractivity contribution < 1.29 is 13.2 Å². The molecule has 0 aliphatic rings. The van der Waals surface area contributed by atoms with Crippen LogP contribution in [0.3, 0.4) is 0 Å². The Hall–Kier alpha value is -1.51. The van der Waals surface area contributed by atoms with Crippen molar-refractivity contribution in [2.24, 2.45) is 0 Å². The van der Waals surface area contributed by atoms with Gasteiger partial charge < -0.3 is 0 Å². The molecule has 0 unspecified atom stereocenters. The molecular formula is C11H10ClN3O3S2. The van der Waals surface area contributed by atoms with E-state index in [1.54, 1.807) is 6.92 Å². The molecule has 1 aromatic heterocycles. The lowest BCUT2D eigenvalue weighted by Gasteiger charge is -2.05. The third-order valence-corrected chi connectivity index (χ3v) is 4.67. The van der Waals surface area contributed by atoms with Gasteiger partial charge in [-0.15, -0.1) is 10.2 Å². The van der Waals surface area contributed by atoms with Crippen LogP contribution in [0, 0.1) is 6.92 Å². The van der Waals surface area contributed by atoms with E-state index in [2.05, 4.69) is 15.5 Å². The average Bonchev–Trinajstić information content (AvgIpc) is 2.73. The molecule has 0 spiro atoms. The molecule has 2 aromatic rings. The molecule has 0 radical (unpaired) electrons. The molecule has 9 heteroatoms. The molecule has 20 heavy (non-hydrogen) atoms. The van der Waals surface area contributed by atoms with Gasteiger partial charge in [-0.25, -0.2) is 8.42 Å². The quantitative estimate of drug-likeness (QED) is 0.930. The molecule has 6 nitrogen and oxygen atoms in total. The maximum atomic E-state index is 12.0. The van der Waals surface area contributed by atoms with Crippen molar-refractivity contribution >= 4 is 43.8 Å². The largest absolute Gasteiger partial charge is 0.296 e. The van der Waals surface area contributed by atoms with Crippen molar-refractivity contribution in [3.8, 4) is 0 Å². The fraction of sp³-hybridized carbons (Fsp3) is 0.182. The van der Waals surface area contributed by atoms with Gasteiger partial charge in [0.05, 0.1) is 9.92 Å².